The first-order valence-electron chi connectivity index (χ1n) is 10.6. The van der Waals surface area contributed by atoms with Crippen LogP contribution < -0.4 is 15.4 Å². The third-order valence-corrected chi connectivity index (χ3v) is 6.91. The van der Waals surface area contributed by atoms with Gasteiger partial charge in [-0.2, -0.15) is 4.73 Å². The van der Waals surface area contributed by atoms with Crippen LogP contribution >= 0.6 is 22.6 Å². The molecule has 0 aliphatic carbocycles. The van der Waals surface area contributed by atoms with Crippen molar-refractivity contribution in [2.24, 2.45) is 0 Å². The Morgan fingerprint density at radius 3 is 2.74 bits per heavy atom. The average Bonchev–Trinajstić information content (AvgIpc) is 2.77. The molecule has 31 heavy (non-hydrogen) atoms. The van der Waals surface area contributed by atoms with E-state index in [9.17, 15) is 19.5 Å². The Morgan fingerprint density at radius 1 is 1.29 bits per heavy atom. The van der Waals surface area contributed by atoms with Crippen molar-refractivity contribution in [2.75, 3.05) is 25.0 Å². The molecule has 0 bridgehead atoms. The van der Waals surface area contributed by atoms with Crippen LogP contribution in [-0.2, 0) is 0 Å². The molecule has 2 saturated heterocycles. The lowest BCUT2D eigenvalue weighted by molar-refractivity contribution is -0.604. The van der Waals surface area contributed by atoms with E-state index in [4.69, 9.17) is 0 Å². The van der Waals surface area contributed by atoms with E-state index in [0.29, 0.717) is 36.2 Å². The third kappa shape index (κ3) is 4.93. The fraction of sp³-hybridized carbons (Fsp3) is 0.455. The van der Waals surface area contributed by atoms with Crippen LogP contribution in [0.2, 0.25) is 0 Å². The molecule has 7 nitrogen and oxygen atoms in total. The zero-order valence-electron chi connectivity index (χ0n) is 17.1. The van der Waals surface area contributed by atoms with E-state index in [-0.39, 0.29) is 23.3 Å². The molecule has 2 fully saturated rings. The maximum Gasteiger partial charge on any atom is 0.256 e. The molecule has 1 aromatic carbocycles. The minimum absolute atomic E-state index is 0.0655. The number of nitrogens with one attached hydrogen (secondary N) is 2. The summed E-state index contributed by atoms with van der Waals surface area (Å²) in [7, 11) is 0. The van der Waals surface area contributed by atoms with Crippen LogP contribution in [0.4, 0.5) is 15.8 Å². The van der Waals surface area contributed by atoms with Crippen molar-refractivity contribution in [3.05, 3.63) is 56.8 Å². The number of anilines is 2. The molecule has 1 atom stereocenters. The van der Waals surface area contributed by atoms with Crippen molar-refractivity contribution in [1.29, 1.82) is 0 Å². The van der Waals surface area contributed by atoms with Crippen molar-refractivity contribution >= 4 is 39.9 Å². The standard InChI is InChI=1S/C22H26FIN4O3/c23-17-13-15(24)4-5-18(17)26-19-14-28(31)10-6-16(19)21(29)27-11-7-22(30,8-12-27)20-3-1-2-9-25-20/h4-6,10,13-14,20,25-26,30H,1-3,7-9,11-12H2/t20-/m0/s1. The molecule has 3 N–H and O–H groups in total. The normalized spacial score (nSPS) is 21.0. The number of carbonyl (C=O) groups excluding carboxylic acids is 1. The summed E-state index contributed by atoms with van der Waals surface area (Å²) in [5.41, 5.74) is -0.0714. The summed E-state index contributed by atoms with van der Waals surface area (Å²) in [4.78, 5) is 14.9. The smallest absolute Gasteiger partial charge is 0.256 e. The molecule has 0 saturated carbocycles. The molecule has 3 heterocycles. The number of piperidine rings is 2. The molecule has 0 spiro atoms. The topological polar surface area (TPSA) is 91.5 Å². The molecule has 166 valence electrons. The van der Waals surface area contributed by atoms with Crippen LogP contribution in [0.1, 0.15) is 42.5 Å². The van der Waals surface area contributed by atoms with Gasteiger partial charge in [0.25, 0.3) is 5.91 Å². The van der Waals surface area contributed by atoms with E-state index in [1.807, 2.05) is 22.6 Å². The number of amides is 1. The Labute approximate surface area is 194 Å². The Kier molecular flexibility index (Phi) is 6.63. The number of aliphatic hydroxyl groups is 1. The third-order valence-electron chi connectivity index (χ3n) is 6.24. The molecule has 2 aliphatic heterocycles. The van der Waals surface area contributed by atoms with Gasteiger partial charge in [0.1, 0.15) is 11.5 Å². The van der Waals surface area contributed by atoms with E-state index < -0.39 is 11.4 Å². The summed E-state index contributed by atoms with van der Waals surface area (Å²) in [5.74, 6) is -0.706. The second-order valence-electron chi connectivity index (χ2n) is 8.28. The van der Waals surface area contributed by atoms with Gasteiger partial charge in [-0.05, 0) is 73.0 Å². The fourth-order valence-corrected chi connectivity index (χ4v) is 4.88. The summed E-state index contributed by atoms with van der Waals surface area (Å²) in [6, 6.07) is 6.21. The number of hydrogen-bond donors (Lipinski definition) is 3. The average molecular weight is 540 g/mol. The lowest BCUT2D eigenvalue weighted by atomic mass is 9.80. The van der Waals surface area contributed by atoms with Crippen molar-refractivity contribution in [1.82, 2.24) is 10.2 Å². The minimum atomic E-state index is -0.808. The number of hydrogen-bond acceptors (Lipinski definition) is 5. The van der Waals surface area contributed by atoms with Crippen LogP contribution in [0.5, 0.6) is 0 Å². The molecule has 2 aliphatic rings. The van der Waals surface area contributed by atoms with Gasteiger partial charge in [0, 0.05) is 28.8 Å². The Hall–Kier alpha value is -1.98. The number of benzene rings is 1. The van der Waals surface area contributed by atoms with Gasteiger partial charge < -0.3 is 25.8 Å². The van der Waals surface area contributed by atoms with E-state index >= 15 is 0 Å². The van der Waals surface area contributed by atoms with Gasteiger partial charge >= 0.3 is 0 Å². The quantitative estimate of drug-likeness (QED) is 0.315. The molecule has 9 heteroatoms. The van der Waals surface area contributed by atoms with Gasteiger partial charge in [0.05, 0.1) is 16.9 Å². The molecule has 2 aromatic rings. The minimum Gasteiger partial charge on any atom is -0.619 e. The van der Waals surface area contributed by atoms with E-state index in [0.717, 1.165) is 29.4 Å². The zero-order valence-corrected chi connectivity index (χ0v) is 19.3. The largest absolute Gasteiger partial charge is 0.619 e. The number of nitrogens with zero attached hydrogens (tertiary/aromatic N) is 2. The molecule has 0 unspecified atom stereocenters. The van der Waals surface area contributed by atoms with Gasteiger partial charge in [0.15, 0.2) is 6.20 Å². The second-order valence-corrected chi connectivity index (χ2v) is 9.53. The highest BCUT2D eigenvalue weighted by Gasteiger charge is 2.41. The first-order chi connectivity index (χ1) is 14.9. The van der Waals surface area contributed by atoms with Crippen LogP contribution in [0.25, 0.3) is 0 Å². The number of likely N-dealkylation sites (tertiary alicyclic amines) is 1. The zero-order chi connectivity index (χ0) is 22.0. The van der Waals surface area contributed by atoms with E-state index in [2.05, 4.69) is 10.6 Å². The van der Waals surface area contributed by atoms with Crippen molar-refractivity contribution < 1.29 is 19.0 Å². The van der Waals surface area contributed by atoms with Gasteiger partial charge in [-0.15, -0.1) is 0 Å². The maximum atomic E-state index is 14.3. The summed E-state index contributed by atoms with van der Waals surface area (Å²) in [6.45, 7) is 1.77. The molecule has 4 rings (SSSR count). The highest BCUT2D eigenvalue weighted by atomic mass is 127. The van der Waals surface area contributed by atoms with Crippen LogP contribution in [-0.4, -0.2) is 47.2 Å². The predicted octanol–water partition coefficient (Wildman–Crippen LogP) is 2.92. The van der Waals surface area contributed by atoms with Crippen LogP contribution in [0.15, 0.2) is 36.7 Å². The lowest BCUT2D eigenvalue weighted by Crippen LogP contribution is -2.58. The number of aromatic nitrogens is 1. The molecule has 1 aromatic heterocycles. The maximum absolute atomic E-state index is 14.3. The van der Waals surface area contributed by atoms with E-state index in [1.54, 1.807) is 17.0 Å². The summed E-state index contributed by atoms with van der Waals surface area (Å²) >= 11 is 2.02. The molecular formula is C22H26FIN4O3. The fourth-order valence-electron chi connectivity index (χ4n) is 4.43. The van der Waals surface area contributed by atoms with Crippen molar-refractivity contribution in [2.45, 2.75) is 43.7 Å². The van der Waals surface area contributed by atoms with Gasteiger partial charge in [-0.3, -0.25) is 4.79 Å². The predicted molar refractivity (Wildman–Crippen MR) is 124 cm³/mol. The van der Waals surface area contributed by atoms with Gasteiger partial charge in [-0.25, -0.2) is 4.39 Å². The first kappa shape index (κ1) is 22.2. The van der Waals surface area contributed by atoms with Crippen LogP contribution in [0, 0.1) is 14.6 Å². The highest BCUT2D eigenvalue weighted by molar-refractivity contribution is 14.1. The van der Waals surface area contributed by atoms with Gasteiger partial charge in [-0.1, -0.05) is 6.42 Å². The summed E-state index contributed by atoms with van der Waals surface area (Å²) < 4.78 is 15.6. The number of pyridine rings is 1. The van der Waals surface area contributed by atoms with Crippen molar-refractivity contribution in [3.63, 3.8) is 0 Å². The van der Waals surface area contributed by atoms with Gasteiger partial charge in [0.2, 0.25) is 6.20 Å². The number of rotatable bonds is 4. The monoisotopic (exact) mass is 540 g/mol. The number of halogens is 2. The Morgan fingerprint density at radius 2 is 2.06 bits per heavy atom. The second kappa shape index (κ2) is 9.25. The first-order valence-corrected chi connectivity index (χ1v) is 11.6. The highest BCUT2D eigenvalue weighted by Crippen LogP contribution is 2.31. The summed E-state index contributed by atoms with van der Waals surface area (Å²) in [5, 5.41) is 29.3. The SMILES string of the molecule is O=C(c1cc[n+]([O-])cc1Nc1ccc(I)cc1F)N1CCC(O)([C@@H]2CCCCN2)CC1. The van der Waals surface area contributed by atoms with Crippen LogP contribution in [0.3, 0.4) is 0 Å². The molecule has 1 amide bonds. The number of carbonyl (C=O) groups is 1. The molecular weight excluding hydrogens is 514 g/mol. The Balaban J connectivity index is 1.50. The van der Waals surface area contributed by atoms with E-state index in [1.165, 1.54) is 24.5 Å². The Bertz CT molecular complexity index is 960. The molecule has 0 radical (unpaired) electrons. The lowest BCUT2D eigenvalue weighted by Gasteiger charge is -2.44. The van der Waals surface area contributed by atoms with Crippen molar-refractivity contribution in [3.8, 4) is 0 Å². The summed E-state index contributed by atoms with van der Waals surface area (Å²) in [6.07, 6.45) is 6.67.